The highest BCUT2D eigenvalue weighted by Crippen LogP contribution is 2.23. The molecule has 7 heteroatoms. The summed E-state index contributed by atoms with van der Waals surface area (Å²) in [6.07, 6.45) is -0.656. The van der Waals surface area contributed by atoms with Gasteiger partial charge in [-0.1, -0.05) is 48.5 Å². The number of sulfonamides is 1. The summed E-state index contributed by atoms with van der Waals surface area (Å²) in [5, 5.41) is 10.5. The first-order chi connectivity index (χ1) is 16.3. The lowest BCUT2D eigenvalue weighted by molar-refractivity contribution is 0.0569. The molecule has 0 radical (unpaired) electrons. The van der Waals surface area contributed by atoms with Gasteiger partial charge in [-0.2, -0.15) is 4.31 Å². The number of hydrogen-bond donors (Lipinski definition) is 1. The Hall–Kier alpha value is -2.71. The van der Waals surface area contributed by atoms with Gasteiger partial charge in [0.1, 0.15) is 18.5 Å². The van der Waals surface area contributed by atoms with E-state index in [0.717, 1.165) is 22.3 Å². The smallest absolute Gasteiger partial charge is 0.243 e. The lowest BCUT2D eigenvalue weighted by Gasteiger charge is -2.34. The largest absolute Gasteiger partial charge is 0.491 e. The number of hydrogen-bond acceptors (Lipinski definition) is 5. The van der Waals surface area contributed by atoms with Crippen LogP contribution in [0.3, 0.4) is 0 Å². The summed E-state index contributed by atoms with van der Waals surface area (Å²) < 4.78 is 33.3. The molecule has 1 heterocycles. The van der Waals surface area contributed by atoms with E-state index < -0.39 is 16.1 Å². The van der Waals surface area contributed by atoms with Gasteiger partial charge in [-0.25, -0.2) is 8.42 Å². The van der Waals surface area contributed by atoms with Crippen LogP contribution in [0.15, 0.2) is 77.7 Å². The maximum absolute atomic E-state index is 13.0. The average Bonchev–Trinajstić information content (AvgIpc) is 2.85. The summed E-state index contributed by atoms with van der Waals surface area (Å²) in [5.41, 5.74) is 4.31. The first-order valence-electron chi connectivity index (χ1n) is 11.6. The Labute approximate surface area is 202 Å². The third-order valence-corrected chi connectivity index (χ3v) is 8.21. The SMILES string of the molecule is Cc1ccc(S(=O)(=O)N2CCN(C[C@H](O)COc3ccc(-c4ccccc4)cc3)CC2)cc1C. The van der Waals surface area contributed by atoms with Crippen LogP contribution in [0.2, 0.25) is 0 Å². The van der Waals surface area contributed by atoms with Crippen LogP contribution in [0.5, 0.6) is 5.75 Å². The van der Waals surface area contributed by atoms with Gasteiger partial charge in [0.25, 0.3) is 0 Å². The van der Waals surface area contributed by atoms with Crippen molar-refractivity contribution in [2.45, 2.75) is 24.8 Å². The Morgan fingerprint density at radius 1 is 0.853 bits per heavy atom. The highest BCUT2D eigenvalue weighted by Gasteiger charge is 2.29. The molecule has 0 amide bonds. The highest BCUT2D eigenvalue weighted by molar-refractivity contribution is 7.89. The third kappa shape index (κ3) is 5.85. The van der Waals surface area contributed by atoms with Crippen molar-refractivity contribution >= 4 is 10.0 Å². The summed E-state index contributed by atoms with van der Waals surface area (Å²) in [6.45, 7) is 6.49. The zero-order valence-electron chi connectivity index (χ0n) is 19.7. The van der Waals surface area contributed by atoms with E-state index in [4.69, 9.17) is 4.74 Å². The van der Waals surface area contributed by atoms with E-state index in [9.17, 15) is 13.5 Å². The molecule has 34 heavy (non-hydrogen) atoms. The number of piperazine rings is 1. The second kappa shape index (κ2) is 10.7. The fourth-order valence-electron chi connectivity index (χ4n) is 4.09. The van der Waals surface area contributed by atoms with Crippen molar-refractivity contribution in [3.63, 3.8) is 0 Å². The van der Waals surface area contributed by atoms with Gasteiger partial charge in [-0.3, -0.25) is 4.90 Å². The normalized spacial score (nSPS) is 16.3. The lowest BCUT2D eigenvalue weighted by atomic mass is 10.1. The predicted molar refractivity (Wildman–Crippen MR) is 134 cm³/mol. The number of aliphatic hydroxyl groups excluding tert-OH is 1. The van der Waals surface area contributed by atoms with Gasteiger partial charge < -0.3 is 9.84 Å². The zero-order valence-corrected chi connectivity index (χ0v) is 20.5. The first-order valence-corrected chi connectivity index (χ1v) is 13.0. The number of nitrogens with zero attached hydrogens (tertiary/aromatic N) is 2. The van der Waals surface area contributed by atoms with Crippen molar-refractivity contribution in [2.24, 2.45) is 0 Å². The van der Waals surface area contributed by atoms with Crippen LogP contribution >= 0.6 is 0 Å². The molecule has 0 bridgehead atoms. The second-order valence-corrected chi connectivity index (χ2v) is 10.7. The summed E-state index contributed by atoms with van der Waals surface area (Å²) in [4.78, 5) is 2.43. The summed E-state index contributed by atoms with van der Waals surface area (Å²) in [7, 11) is -3.50. The molecule has 1 saturated heterocycles. The Kier molecular flexibility index (Phi) is 7.68. The van der Waals surface area contributed by atoms with Crippen LogP contribution in [0.25, 0.3) is 11.1 Å². The molecule has 1 atom stereocenters. The van der Waals surface area contributed by atoms with E-state index in [1.807, 2.05) is 62.4 Å². The standard InChI is InChI=1S/C27H32N2O4S/c1-21-8-13-27(18-22(21)2)34(31,32)29-16-14-28(15-17-29)19-25(30)20-33-26-11-9-24(10-12-26)23-6-4-3-5-7-23/h3-13,18,25,30H,14-17,19-20H2,1-2H3/t25-/m0/s1. The number of ether oxygens (including phenoxy) is 1. The van der Waals surface area contributed by atoms with E-state index >= 15 is 0 Å². The minimum atomic E-state index is -3.50. The third-order valence-electron chi connectivity index (χ3n) is 6.32. The van der Waals surface area contributed by atoms with Crippen molar-refractivity contribution in [3.05, 3.63) is 83.9 Å². The van der Waals surface area contributed by atoms with Crippen LogP contribution in [0.1, 0.15) is 11.1 Å². The molecule has 0 aromatic heterocycles. The molecule has 180 valence electrons. The molecule has 1 N–H and O–H groups in total. The van der Waals surface area contributed by atoms with Crippen LogP contribution in [-0.2, 0) is 10.0 Å². The highest BCUT2D eigenvalue weighted by atomic mass is 32.2. The maximum atomic E-state index is 13.0. The maximum Gasteiger partial charge on any atom is 0.243 e. The van der Waals surface area contributed by atoms with Crippen LogP contribution < -0.4 is 4.74 Å². The second-order valence-electron chi connectivity index (χ2n) is 8.81. The average molecular weight is 481 g/mol. The zero-order chi connectivity index (χ0) is 24.1. The van der Waals surface area contributed by atoms with Crippen molar-refractivity contribution in [3.8, 4) is 16.9 Å². The molecule has 1 aliphatic rings. The van der Waals surface area contributed by atoms with Crippen LogP contribution in [0.4, 0.5) is 0 Å². The van der Waals surface area contributed by atoms with Gasteiger partial charge in [0.2, 0.25) is 10.0 Å². The Bertz CT molecular complexity index is 1190. The van der Waals surface area contributed by atoms with Crippen LogP contribution in [-0.4, -0.2) is 68.2 Å². The van der Waals surface area contributed by atoms with E-state index in [0.29, 0.717) is 43.4 Å². The Balaban J connectivity index is 1.24. The van der Waals surface area contributed by atoms with Gasteiger partial charge in [0.15, 0.2) is 0 Å². The molecule has 0 aliphatic carbocycles. The fraction of sp³-hybridized carbons (Fsp3) is 0.333. The molecule has 0 spiro atoms. The first kappa shape index (κ1) is 24.4. The van der Waals surface area contributed by atoms with E-state index in [1.165, 1.54) is 4.31 Å². The van der Waals surface area contributed by atoms with Crippen molar-refractivity contribution in [1.82, 2.24) is 9.21 Å². The summed E-state index contributed by atoms with van der Waals surface area (Å²) in [6, 6.07) is 23.2. The molecule has 1 aliphatic heterocycles. The van der Waals surface area contributed by atoms with Gasteiger partial charge >= 0.3 is 0 Å². The number of aryl methyl sites for hydroxylation is 2. The molecule has 1 fully saturated rings. The molecule has 3 aromatic carbocycles. The van der Waals surface area contributed by atoms with Crippen LogP contribution in [0, 0.1) is 13.8 Å². The van der Waals surface area contributed by atoms with Crippen molar-refractivity contribution in [2.75, 3.05) is 39.3 Å². The molecular formula is C27H32N2O4S. The molecule has 3 aromatic rings. The number of benzene rings is 3. The monoisotopic (exact) mass is 480 g/mol. The number of aliphatic hydroxyl groups is 1. The van der Waals surface area contributed by atoms with E-state index in [2.05, 4.69) is 17.0 Å². The Morgan fingerprint density at radius 3 is 2.15 bits per heavy atom. The quantitative estimate of drug-likeness (QED) is 0.532. The van der Waals surface area contributed by atoms with Gasteiger partial charge in [-0.05, 0) is 60.4 Å². The topological polar surface area (TPSA) is 70.1 Å². The lowest BCUT2D eigenvalue weighted by Crippen LogP contribution is -2.50. The van der Waals surface area contributed by atoms with Gasteiger partial charge in [0, 0.05) is 32.7 Å². The number of β-amino-alcohol motifs (C(OH)–C–C–N with tert-alkyl or cyclic N) is 1. The summed E-state index contributed by atoms with van der Waals surface area (Å²) >= 11 is 0. The van der Waals surface area contributed by atoms with E-state index in [-0.39, 0.29) is 6.61 Å². The molecule has 4 rings (SSSR count). The molecule has 0 saturated carbocycles. The minimum Gasteiger partial charge on any atom is -0.491 e. The Morgan fingerprint density at radius 2 is 1.50 bits per heavy atom. The van der Waals surface area contributed by atoms with Gasteiger partial charge in [0.05, 0.1) is 4.90 Å². The summed E-state index contributed by atoms with van der Waals surface area (Å²) in [5.74, 6) is 0.711. The van der Waals surface area contributed by atoms with E-state index in [1.54, 1.807) is 12.1 Å². The number of rotatable bonds is 8. The van der Waals surface area contributed by atoms with Crippen molar-refractivity contribution in [1.29, 1.82) is 0 Å². The predicted octanol–water partition coefficient (Wildman–Crippen LogP) is 3.72. The molecular weight excluding hydrogens is 448 g/mol. The fourth-order valence-corrected chi connectivity index (χ4v) is 5.60. The van der Waals surface area contributed by atoms with Gasteiger partial charge in [-0.15, -0.1) is 0 Å². The van der Waals surface area contributed by atoms with Crippen molar-refractivity contribution < 1.29 is 18.3 Å². The molecule has 0 unspecified atom stereocenters. The minimum absolute atomic E-state index is 0.186. The molecule has 6 nitrogen and oxygen atoms in total.